The standard InChI is InChI=1S/C22H18F3NO2/c23-22(24,25)19-7-4-8-20(15-19)28-14-13-26-21(27)18-11-9-17(10-12-18)16-5-2-1-3-6-16/h1-12,15H,13-14H2,(H,26,27). The predicted octanol–water partition coefficient (Wildman–Crippen LogP) is 5.18. The molecule has 0 fully saturated rings. The Balaban J connectivity index is 1.50. The van der Waals surface area contributed by atoms with Gasteiger partial charge in [0.25, 0.3) is 5.91 Å². The summed E-state index contributed by atoms with van der Waals surface area (Å²) in [7, 11) is 0. The minimum absolute atomic E-state index is 0.0646. The number of halogens is 3. The summed E-state index contributed by atoms with van der Waals surface area (Å²) in [5.74, 6) is -0.163. The Labute approximate surface area is 160 Å². The molecule has 0 heterocycles. The maximum Gasteiger partial charge on any atom is 0.416 e. The first kappa shape index (κ1) is 19.5. The van der Waals surface area contributed by atoms with Crippen LogP contribution in [0, 0.1) is 0 Å². The van der Waals surface area contributed by atoms with E-state index < -0.39 is 11.7 Å². The Kier molecular flexibility index (Phi) is 5.99. The fraction of sp³-hybridized carbons (Fsp3) is 0.136. The van der Waals surface area contributed by atoms with Crippen LogP contribution in [0.3, 0.4) is 0 Å². The van der Waals surface area contributed by atoms with E-state index in [1.54, 1.807) is 12.1 Å². The van der Waals surface area contributed by atoms with Crippen molar-refractivity contribution in [2.45, 2.75) is 6.18 Å². The average Bonchev–Trinajstić information content (AvgIpc) is 2.71. The van der Waals surface area contributed by atoms with E-state index in [1.165, 1.54) is 12.1 Å². The van der Waals surface area contributed by atoms with E-state index in [0.29, 0.717) is 5.56 Å². The zero-order valence-electron chi connectivity index (χ0n) is 14.9. The molecule has 1 amide bonds. The summed E-state index contributed by atoms with van der Waals surface area (Å²) in [6.07, 6.45) is -4.42. The summed E-state index contributed by atoms with van der Waals surface area (Å²) in [4.78, 5) is 12.2. The maximum absolute atomic E-state index is 12.7. The van der Waals surface area contributed by atoms with Crippen LogP contribution in [0.5, 0.6) is 5.75 Å². The highest BCUT2D eigenvalue weighted by Crippen LogP contribution is 2.31. The van der Waals surface area contributed by atoms with E-state index in [1.807, 2.05) is 42.5 Å². The van der Waals surface area contributed by atoms with E-state index in [4.69, 9.17) is 4.74 Å². The van der Waals surface area contributed by atoms with Crippen LogP contribution in [0.1, 0.15) is 15.9 Å². The monoisotopic (exact) mass is 385 g/mol. The predicted molar refractivity (Wildman–Crippen MR) is 101 cm³/mol. The van der Waals surface area contributed by atoms with Crippen LogP contribution in [0.2, 0.25) is 0 Å². The van der Waals surface area contributed by atoms with Crippen molar-refractivity contribution in [2.75, 3.05) is 13.2 Å². The fourth-order valence-electron chi connectivity index (χ4n) is 2.64. The number of hydrogen-bond donors (Lipinski definition) is 1. The number of ether oxygens (including phenoxy) is 1. The van der Waals surface area contributed by atoms with Crippen molar-refractivity contribution in [3.63, 3.8) is 0 Å². The lowest BCUT2D eigenvalue weighted by atomic mass is 10.0. The summed E-state index contributed by atoms with van der Waals surface area (Å²) in [6.45, 7) is 0.241. The zero-order valence-corrected chi connectivity index (χ0v) is 14.9. The number of nitrogens with one attached hydrogen (secondary N) is 1. The summed E-state index contributed by atoms with van der Waals surface area (Å²) >= 11 is 0. The van der Waals surface area contributed by atoms with Gasteiger partial charge in [-0.3, -0.25) is 4.79 Å². The number of carbonyl (C=O) groups excluding carboxylic acids is 1. The largest absolute Gasteiger partial charge is 0.492 e. The van der Waals surface area contributed by atoms with Crippen molar-refractivity contribution in [1.82, 2.24) is 5.32 Å². The van der Waals surface area contributed by atoms with Gasteiger partial charge in [-0.1, -0.05) is 48.5 Å². The Hall–Kier alpha value is -3.28. The molecule has 0 spiro atoms. The molecule has 0 saturated carbocycles. The van der Waals surface area contributed by atoms with Crippen molar-refractivity contribution in [3.05, 3.63) is 90.0 Å². The molecule has 28 heavy (non-hydrogen) atoms. The minimum atomic E-state index is -4.42. The Bertz CT molecular complexity index is 923. The number of rotatable bonds is 6. The normalized spacial score (nSPS) is 11.1. The van der Waals surface area contributed by atoms with Gasteiger partial charge in [-0.15, -0.1) is 0 Å². The number of benzene rings is 3. The number of carbonyl (C=O) groups is 1. The maximum atomic E-state index is 12.7. The molecule has 0 aromatic heterocycles. The van der Waals surface area contributed by atoms with Gasteiger partial charge in [-0.05, 0) is 41.5 Å². The van der Waals surface area contributed by atoms with Crippen LogP contribution >= 0.6 is 0 Å². The van der Waals surface area contributed by atoms with E-state index in [-0.39, 0.29) is 24.8 Å². The Morgan fingerprint density at radius 3 is 2.21 bits per heavy atom. The molecule has 0 atom stereocenters. The molecular formula is C22H18F3NO2. The molecule has 0 aliphatic heterocycles. The van der Waals surface area contributed by atoms with Gasteiger partial charge in [-0.2, -0.15) is 13.2 Å². The first-order valence-electron chi connectivity index (χ1n) is 8.67. The molecule has 6 heteroatoms. The third-order valence-corrected chi connectivity index (χ3v) is 4.07. The molecule has 0 aliphatic carbocycles. The number of alkyl halides is 3. The van der Waals surface area contributed by atoms with E-state index in [9.17, 15) is 18.0 Å². The zero-order chi connectivity index (χ0) is 20.0. The lowest BCUT2D eigenvalue weighted by molar-refractivity contribution is -0.137. The third-order valence-electron chi connectivity index (χ3n) is 4.07. The summed E-state index contributed by atoms with van der Waals surface area (Å²) in [5, 5.41) is 2.69. The molecule has 0 radical (unpaired) electrons. The highest BCUT2D eigenvalue weighted by atomic mass is 19.4. The van der Waals surface area contributed by atoms with Gasteiger partial charge in [0.1, 0.15) is 12.4 Å². The average molecular weight is 385 g/mol. The third kappa shape index (κ3) is 5.13. The molecule has 0 aliphatic rings. The summed E-state index contributed by atoms with van der Waals surface area (Å²) in [5.41, 5.74) is 1.79. The first-order valence-corrected chi connectivity index (χ1v) is 8.67. The van der Waals surface area contributed by atoms with Crippen LogP contribution in [-0.2, 0) is 6.18 Å². The highest BCUT2D eigenvalue weighted by molar-refractivity contribution is 5.94. The SMILES string of the molecule is O=C(NCCOc1cccc(C(F)(F)F)c1)c1ccc(-c2ccccc2)cc1. The first-order chi connectivity index (χ1) is 13.4. The topological polar surface area (TPSA) is 38.3 Å². The van der Waals surface area contributed by atoms with Gasteiger partial charge >= 0.3 is 6.18 Å². The summed E-state index contributed by atoms with van der Waals surface area (Å²) in [6, 6.07) is 21.6. The van der Waals surface area contributed by atoms with Crippen molar-refractivity contribution in [3.8, 4) is 16.9 Å². The molecular weight excluding hydrogens is 367 g/mol. The molecule has 3 rings (SSSR count). The molecule has 0 bridgehead atoms. The molecule has 0 unspecified atom stereocenters. The van der Waals surface area contributed by atoms with Crippen molar-refractivity contribution < 1.29 is 22.7 Å². The fourth-order valence-corrected chi connectivity index (χ4v) is 2.64. The highest BCUT2D eigenvalue weighted by Gasteiger charge is 2.30. The van der Waals surface area contributed by atoms with Crippen molar-refractivity contribution in [2.24, 2.45) is 0 Å². The summed E-state index contributed by atoms with van der Waals surface area (Å²) < 4.78 is 43.3. The molecule has 3 aromatic carbocycles. The minimum Gasteiger partial charge on any atom is -0.492 e. The van der Waals surface area contributed by atoms with Gasteiger partial charge in [-0.25, -0.2) is 0 Å². The molecule has 0 saturated heterocycles. The lowest BCUT2D eigenvalue weighted by Gasteiger charge is -2.11. The van der Waals surface area contributed by atoms with Crippen LogP contribution in [0.15, 0.2) is 78.9 Å². The van der Waals surface area contributed by atoms with Crippen LogP contribution in [0.4, 0.5) is 13.2 Å². The Morgan fingerprint density at radius 2 is 1.54 bits per heavy atom. The van der Waals surface area contributed by atoms with E-state index in [2.05, 4.69) is 5.32 Å². The second kappa shape index (κ2) is 8.61. The second-order valence-corrected chi connectivity index (χ2v) is 6.07. The smallest absolute Gasteiger partial charge is 0.416 e. The quantitative estimate of drug-likeness (QED) is 0.594. The number of amides is 1. The Morgan fingerprint density at radius 1 is 0.857 bits per heavy atom. The van der Waals surface area contributed by atoms with Crippen LogP contribution < -0.4 is 10.1 Å². The van der Waals surface area contributed by atoms with Gasteiger partial charge in [0.05, 0.1) is 12.1 Å². The van der Waals surface area contributed by atoms with Gasteiger partial charge < -0.3 is 10.1 Å². The number of hydrogen-bond acceptors (Lipinski definition) is 2. The molecule has 144 valence electrons. The molecule has 1 N–H and O–H groups in total. The van der Waals surface area contributed by atoms with Crippen molar-refractivity contribution in [1.29, 1.82) is 0 Å². The van der Waals surface area contributed by atoms with E-state index >= 15 is 0 Å². The lowest BCUT2D eigenvalue weighted by Crippen LogP contribution is -2.28. The van der Waals surface area contributed by atoms with Gasteiger partial charge in [0, 0.05) is 5.56 Å². The molecule has 3 nitrogen and oxygen atoms in total. The van der Waals surface area contributed by atoms with Crippen LogP contribution in [-0.4, -0.2) is 19.1 Å². The van der Waals surface area contributed by atoms with Gasteiger partial charge in [0.15, 0.2) is 0 Å². The molecule has 3 aromatic rings. The van der Waals surface area contributed by atoms with Crippen LogP contribution in [0.25, 0.3) is 11.1 Å². The van der Waals surface area contributed by atoms with Crippen molar-refractivity contribution >= 4 is 5.91 Å². The van der Waals surface area contributed by atoms with Gasteiger partial charge in [0.2, 0.25) is 0 Å². The van der Waals surface area contributed by atoms with E-state index in [0.717, 1.165) is 23.3 Å². The second-order valence-electron chi connectivity index (χ2n) is 6.07.